The summed E-state index contributed by atoms with van der Waals surface area (Å²) in [5.41, 5.74) is 1.79. The number of sulfonamides is 1. The summed E-state index contributed by atoms with van der Waals surface area (Å²) in [6.07, 6.45) is 3.74. The van der Waals surface area contributed by atoms with Gasteiger partial charge in [0.1, 0.15) is 0 Å². The highest BCUT2D eigenvalue weighted by atomic mass is 32.2. The number of para-hydroxylation sites is 1. The average Bonchev–Trinajstić information content (AvgIpc) is 2.89. The largest absolute Gasteiger partial charge is 0.369 e. The molecule has 190 valence electrons. The van der Waals surface area contributed by atoms with Crippen molar-refractivity contribution in [2.75, 3.05) is 57.3 Å². The van der Waals surface area contributed by atoms with Crippen LogP contribution < -0.4 is 10.2 Å². The quantitative estimate of drug-likeness (QED) is 0.536. The number of hydrogen-bond donors (Lipinski definition) is 1. The number of nitrogens with one attached hydrogen (secondary N) is 1. The first-order valence-electron chi connectivity index (χ1n) is 12.8. The number of piperidine rings is 1. The van der Waals surface area contributed by atoms with Gasteiger partial charge in [-0.05, 0) is 74.5 Å². The molecular formula is C27H38N4O3S. The second kappa shape index (κ2) is 12.0. The summed E-state index contributed by atoms with van der Waals surface area (Å²) in [6, 6.07) is 16.9. The van der Waals surface area contributed by atoms with E-state index in [2.05, 4.69) is 52.4 Å². The van der Waals surface area contributed by atoms with Gasteiger partial charge in [-0.3, -0.25) is 9.69 Å². The molecule has 2 aromatic rings. The van der Waals surface area contributed by atoms with Crippen LogP contribution in [-0.4, -0.2) is 75.9 Å². The molecule has 1 N–H and O–H groups in total. The van der Waals surface area contributed by atoms with Crippen LogP contribution >= 0.6 is 0 Å². The molecule has 2 aromatic carbocycles. The lowest BCUT2D eigenvalue weighted by molar-refractivity contribution is 0.0952. The molecule has 4 rings (SSSR count). The Balaban J connectivity index is 1.14. The number of amides is 1. The number of anilines is 1. The van der Waals surface area contributed by atoms with Crippen LogP contribution in [-0.2, 0) is 10.0 Å². The predicted molar refractivity (Wildman–Crippen MR) is 140 cm³/mol. The van der Waals surface area contributed by atoms with E-state index in [4.69, 9.17) is 0 Å². The van der Waals surface area contributed by atoms with Gasteiger partial charge < -0.3 is 10.2 Å². The molecule has 2 saturated heterocycles. The maximum Gasteiger partial charge on any atom is 0.251 e. The minimum absolute atomic E-state index is 0.155. The van der Waals surface area contributed by atoms with E-state index >= 15 is 0 Å². The summed E-state index contributed by atoms with van der Waals surface area (Å²) in [5, 5.41) is 2.97. The van der Waals surface area contributed by atoms with Crippen LogP contribution in [0.3, 0.4) is 0 Å². The van der Waals surface area contributed by atoms with Crippen molar-refractivity contribution in [2.24, 2.45) is 5.92 Å². The first kappa shape index (κ1) is 25.7. The molecule has 0 atom stereocenters. The Hall–Kier alpha value is -2.42. The van der Waals surface area contributed by atoms with Gasteiger partial charge in [-0.1, -0.05) is 25.1 Å². The molecule has 0 aliphatic carbocycles. The fourth-order valence-electron chi connectivity index (χ4n) is 4.79. The van der Waals surface area contributed by atoms with Crippen LogP contribution in [0.1, 0.15) is 43.0 Å². The minimum Gasteiger partial charge on any atom is -0.369 e. The van der Waals surface area contributed by atoms with Crippen LogP contribution in [0.25, 0.3) is 0 Å². The SMILES string of the molecule is CC1CCN(S(=O)(=O)c2ccc(C(=O)NCCCCN3CCN(c4ccccc4)CC3)cc2)CC1. The van der Waals surface area contributed by atoms with Crippen molar-refractivity contribution in [3.8, 4) is 0 Å². The number of unbranched alkanes of at least 4 members (excludes halogenated alkanes) is 1. The Morgan fingerprint density at radius 1 is 0.886 bits per heavy atom. The summed E-state index contributed by atoms with van der Waals surface area (Å²) in [5.74, 6) is 0.412. The zero-order chi connectivity index (χ0) is 24.7. The van der Waals surface area contributed by atoms with Gasteiger partial charge >= 0.3 is 0 Å². The molecule has 0 bridgehead atoms. The fourth-order valence-corrected chi connectivity index (χ4v) is 6.26. The fraction of sp³-hybridized carbons (Fsp3) is 0.519. The highest BCUT2D eigenvalue weighted by Crippen LogP contribution is 2.23. The normalized spacial score (nSPS) is 18.5. The van der Waals surface area contributed by atoms with Crippen molar-refractivity contribution in [1.82, 2.24) is 14.5 Å². The molecular weight excluding hydrogens is 460 g/mol. The molecule has 2 fully saturated rings. The highest BCUT2D eigenvalue weighted by Gasteiger charge is 2.28. The predicted octanol–water partition coefficient (Wildman–Crippen LogP) is 3.44. The molecule has 35 heavy (non-hydrogen) atoms. The second-order valence-electron chi connectivity index (χ2n) is 9.74. The molecule has 2 aliphatic rings. The third kappa shape index (κ3) is 6.84. The van der Waals surface area contributed by atoms with E-state index in [9.17, 15) is 13.2 Å². The summed E-state index contributed by atoms with van der Waals surface area (Å²) in [7, 11) is -3.49. The van der Waals surface area contributed by atoms with E-state index in [1.807, 2.05) is 0 Å². The van der Waals surface area contributed by atoms with Crippen molar-refractivity contribution in [3.63, 3.8) is 0 Å². The molecule has 0 unspecified atom stereocenters. The van der Waals surface area contributed by atoms with E-state index in [0.717, 1.165) is 58.4 Å². The third-order valence-corrected chi connectivity index (χ3v) is 9.09. The van der Waals surface area contributed by atoms with Crippen LogP contribution in [0.4, 0.5) is 5.69 Å². The number of nitrogens with zero attached hydrogens (tertiary/aromatic N) is 3. The lowest BCUT2D eigenvalue weighted by Crippen LogP contribution is -2.46. The lowest BCUT2D eigenvalue weighted by Gasteiger charge is -2.36. The highest BCUT2D eigenvalue weighted by molar-refractivity contribution is 7.89. The summed E-state index contributed by atoms with van der Waals surface area (Å²) in [4.78, 5) is 17.7. The van der Waals surface area contributed by atoms with E-state index in [1.165, 1.54) is 5.69 Å². The average molecular weight is 499 g/mol. The summed E-state index contributed by atoms with van der Waals surface area (Å²) in [6.45, 7) is 9.16. The molecule has 7 nitrogen and oxygen atoms in total. The zero-order valence-corrected chi connectivity index (χ0v) is 21.5. The first-order chi connectivity index (χ1) is 16.9. The number of benzene rings is 2. The van der Waals surface area contributed by atoms with Gasteiger partial charge in [0.05, 0.1) is 4.90 Å². The molecule has 8 heteroatoms. The Kier molecular flexibility index (Phi) is 8.81. The zero-order valence-electron chi connectivity index (χ0n) is 20.7. The maximum absolute atomic E-state index is 12.9. The Labute approximate surface area is 210 Å². The molecule has 0 radical (unpaired) electrons. The van der Waals surface area contributed by atoms with Crippen molar-refractivity contribution >= 4 is 21.6 Å². The lowest BCUT2D eigenvalue weighted by atomic mass is 10.0. The van der Waals surface area contributed by atoms with Crippen molar-refractivity contribution in [3.05, 3.63) is 60.2 Å². The summed E-state index contributed by atoms with van der Waals surface area (Å²) < 4.78 is 27.3. The van der Waals surface area contributed by atoms with E-state index in [1.54, 1.807) is 28.6 Å². The molecule has 1 amide bonds. The van der Waals surface area contributed by atoms with Crippen molar-refractivity contribution in [1.29, 1.82) is 0 Å². The van der Waals surface area contributed by atoms with Gasteiger partial charge in [-0.2, -0.15) is 4.31 Å². The van der Waals surface area contributed by atoms with Gasteiger partial charge in [0.15, 0.2) is 0 Å². The molecule has 0 spiro atoms. The summed E-state index contributed by atoms with van der Waals surface area (Å²) >= 11 is 0. The topological polar surface area (TPSA) is 73.0 Å². The van der Waals surface area contributed by atoms with Gasteiger partial charge in [0, 0.05) is 57.1 Å². The smallest absolute Gasteiger partial charge is 0.251 e. The van der Waals surface area contributed by atoms with Gasteiger partial charge in [0.2, 0.25) is 10.0 Å². The van der Waals surface area contributed by atoms with Crippen LogP contribution in [0.15, 0.2) is 59.5 Å². The number of carbonyl (C=O) groups is 1. The molecule has 0 aromatic heterocycles. The number of carbonyl (C=O) groups excluding carboxylic acids is 1. The van der Waals surface area contributed by atoms with Crippen molar-refractivity contribution < 1.29 is 13.2 Å². The van der Waals surface area contributed by atoms with E-state index in [0.29, 0.717) is 31.1 Å². The maximum atomic E-state index is 12.9. The number of piperazine rings is 1. The van der Waals surface area contributed by atoms with Crippen LogP contribution in [0.2, 0.25) is 0 Å². The van der Waals surface area contributed by atoms with E-state index in [-0.39, 0.29) is 10.8 Å². The van der Waals surface area contributed by atoms with Gasteiger partial charge in [-0.25, -0.2) is 8.42 Å². The minimum atomic E-state index is -3.49. The number of hydrogen-bond acceptors (Lipinski definition) is 5. The van der Waals surface area contributed by atoms with E-state index < -0.39 is 10.0 Å². The molecule has 0 saturated carbocycles. The second-order valence-corrected chi connectivity index (χ2v) is 11.7. The molecule has 2 aliphatic heterocycles. The van der Waals surface area contributed by atoms with Crippen LogP contribution in [0, 0.1) is 5.92 Å². The van der Waals surface area contributed by atoms with Gasteiger partial charge in [-0.15, -0.1) is 0 Å². The van der Waals surface area contributed by atoms with Crippen molar-refractivity contribution in [2.45, 2.75) is 37.5 Å². The standard InChI is InChI=1S/C27H38N4O3S/c1-23-13-17-31(18-14-23)35(33,34)26-11-9-24(10-12-26)27(32)28-15-5-6-16-29-19-21-30(22-20-29)25-7-3-2-4-8-25/h2-4,7-12,23H,5-6,13-22H2,1H3,(H,28,32). The Morgan fingerprint density at radius 3 is 2.20 bits per heavy atom. The van der Waals surface area contributed by atoms with Crippen LogP contribution in [0.5, 0.6) is 0 Å². The monoisotopic (exact) mass is 498 g/mol. The van der Waals surface area contributed by atoms with Gasteiger partial charge in [0.25, 0.3) is 5.91 Å². The molecule has 2 heterocycles. The Morgan fingerprint density at radius 2 is 1.54 bits per heavy atom. The Bertz CT molecular complexity index is 1040. The first-order valence-corrected chi connectivity index (χ1v) is 14.3. The number of rotatable bonds is 9. The third-order valence-electron chi connectivity index (χ3n) is 7.18.